The third kappa shape index (κ3) is 6.71. The summed E-state index contributed by atoms with van der Waals surface area (Å²) in [5.74, 6) is 0.793. The van der Waals surface area contributed by atoms with E-state index < -0.39 is 0 Å². The Labute approximate surface area is 183 Å². The van der Waals surface area contributed by atoms with Gasteiger partial charge in [-0.3, -0.25) is 0 Å². The van der Waals surface area contributed by atoms with E-state index >= 15 is 0 Å². The Balaban J connectivity index is 0.00000338. The van der Waals surface area contributed by atoms with Gasteiger partial charge in [-0.05, 0) is 51.6 Å². The van der Waals surface area contributed by atoms with E-state index in [1.165, 1.54) is 0 Å². The van der Waals surface area contributed by atoms with Gasteiger partial charge in [0.2, 0.25) is 0 Å². The van der Waals surface area contributed by atoms with Crippen LogP contribution in [0.5, 0.6) is 0 Å². The molecule has 0 aliphatic carbocycles. The number of hydrogen-bond acceptors (Lipinski definition) is 3. The quantitative estimate of drug-likeness (QED) is 0.344. The van der Waals surface area contributed by atoms with Crippen molar-refractivity contribution in [3.8, 4) is 0 Å². The molecular weight excluding hydrogens is 486 g/mol. The topological polar surface area (TPSA) is 48.9 Å². The molecule has 8 heteroatoms. The molecular formula is C18H29Cl2IN4O. The van der Waals surface area contributed by atoms with Crippen LogP contribution in [0.4, 0.5) is 0 Å². The zero-order valence-corrected chi connectivity index (χ0v) is 19.5. The standard InChI is InChI=1S/C18H28Cl2N4O.HI/c1-4-21-17(22-12-14-5-6-15(19)11-16(14)20)23-13-18(24(2)3)7-9-25-10-8-18;/h5-6,11H,4,7-10,12-13H2,1-3H3,(H2,21,22,23);1H. The summed E-state index contributed by atoms with van der Waals surface area (Å²) in [6, 6.07) is 5.50. The van der Waals surface area contributed by atoms with Crippen LogP contribution in [0.15, 0.2) is 23.2 Å². The van der Waals surface area contributed by atoms with E-state index in [1.54, 1.807) is 6.07 Å². The fraction of sp³-hybridized carbons (Fsp3) is 0.611. The average Bonchev–Trinajstić information content (AvgIpc) is 2.59. The van der Waals surface area contributed by atoms with Gasteiger partial charge >= 0.3 is 0 Å². The minimum Gasteiger partial charge on any atom is -0.381 e. The molecule has 1 aromatic carbocycles. The van der Waals surface area contributed by atoms with Crippen molar-refractivity contribution in [2.75, 3.05) is 40.4 Å². The van der Waals surface area contributed by atoms with Crippen molar-refractivity contribution >= 4 is 53.1 Å². The maximum atomic E-state index is 6.24. The molecule has 1 saturated heterocycles. The molecule has 1 aliphatic heterocycles. The summed E-state index contributed by atoms with van der Waals surface area (Å²) in [7, 11) is 4.26. The number of nitrogens with one attached hydrogen (secondary N) is 2. The van der Waals surface area contributed by atoms with Crippen LogP contribution < -0.4 is 10.6 Å². The third-order valence-electron chi connectivity index (χ3n) is 4.72. The highest BCUT2D eigenvalue weighted by Crippen LogP contribution is 2.25. The molecule has 0 amide bonds. The molecule has 1 aliphatic rings. The van der Waals surface area contributed by atoms with Crippen molar-refractivity contribution in [2.45, 2.75) is 31.8 Å². The lowest BCUT2D eigenvalue weighted by molar-refractivity contribution is -0.00501. The molecule has 26 heavy (non-hydrogen) atoms. The maximum absolute atomic E-state index is 6.24. The lowest BCUT2D eigenvalue weighted by Crippen LogP contribution is -2.57. The largest absolute Gasteiger partial charge is 0.381 e. The van der Waals surface area contributed by atoms with E-state index in [9.17, 15) is 0 Å². The van der Waals surface area contributed by atoms with Gasteiger partial charge in [-0.25, -0.2) is 4.99 Å². The van der Waals surface area contributed by atoms with Gasteiger partial charge in [0.15, 0.2) is 5.96 Å². The first-order valence-corrected chi connectivity index (χ1v) is 9.44. The minimum atomic E-state index is 0. The smallest absolute Gasteiger partial charge is 0.191 e. The molecule has 0 saturated carbocycles. The Kier molecular flexibility index (Phi) is 10.5. The van der Waals surface area contributed by atoms with E-state index in [4.69, 9.17) is 27.9 Å². The van der Waals surface area contributed by atoms with E-state index in [2.05, 4.69) is 41.5 Å². The molecule has 1 aromatic rings. The number of guanidine groups is 1. The van der Waals surface area contributed by atoms with E-state index in [1.807, 2.05) is 12.1 Å². The first-order valence-electron chi connectivity index (χ1n) is 8.68. The fourth-order valence-electron chi connectivity index (χ4n) is 2.94. The second kappa shape index (κ2) is 11.5. The number of halogens is 3. The van der Waals surface area contributed by atoms with Gasteiger partial charge in [0.1, 0.15) is 0 Å². The SMILES string of the molecule is CCNC(=NCc1ccc(Cl)cc1Cl)NCC1(N(C)C)CCOCC1.I. The number of nitrogens with zero attached hydrogens (tertiary/aromatic N) is 2. The third-order valence-corrected chi connectivity index (χ3v) is 5.31. The summed E-state index contributed by atoms with van der Waals surface area (Å²) >= 11 is 12.2. The van der Waals surface area contributed by atoms with Gasteiger partial charge in [0.25, 0.3) is 0 Å². The van der Waals surface area contributed by atoms with Gasteiger partial charge in [-0.1, -0.05) is 29.3 Å². The van der Waals surface area contributed by atoms with Crippen molar-refractivity contribution in [1.82, 2.24) is 15.5 Å². The van der Waals surface area contributed by atoms with Crippen LogP contribution in [-0.2, 0) is 11.3 Å². The van der Waals surface area contributed by atoms with Crippen LogP contribution in [0.3, 0.4) is 0 Å². The number of likely N-dealkylation sites (N-methyl/N-ethyl adjacent to an activating group) is 1. The van der Waals surface area contributed by atoms with Gasteiger partial charge in [-0.15, -0.1) is 24.0 Å². The van der Waals surface area contributed by atoms with Gasteiger partial charge in [0, 0.05) is 41.9 Å². The molecule has 0 unspecified atom stereocenters. The molecule has 2 N–H and O–H groups in total. The summed E-state index contributed by atoms with van der Waals surface area (Å²) in [6.45, 7) is 5.79. The highest BCUT2D eigenvalue weighted by molar-refractivity contribution is 14.0. The van der Waals surface area contributed by atoms with Crippen LogP contribution in [0, 0.1) is 0 Å². The number of hydrogen-bond donors (Lipinski definition) is 2. The molecule has 0 bridgehead atoms. The van der Waals surface area contributed by atoms with Gasteiger partial charge < -0.3 is 20.3 Å². The number of ether oxygens (including phenoxy) is 1. The Morgan fingerprint density at radius 3 is 2.50 bits per heavy atom. The zero-order chi connectivity index (χ0) is 18.3. The van der Waals surface area contributed by atoms with Crippen molar-refractivity contribution in [2.24, 2.45) is 4.99 Å². The van der Waals surface area contributed by atoms with Crippen molar-refractivity contribution < 1.29 is 4.74 Å². The molecule has 1 fully saturated rings. The summed E-state index contributed by atoms with van der Waals surface area (Å²) in [5, 5.41) is 8.06. The Morgan fingerprint density at radius 2 is 1.92 bits per heavy atom. The summed E-state index contributed by atoms with van der Waals surface area (Å²) in [4.78, 5) is 6.96. The zero-order valence-electron chi connectivity index (χ0n) is 15.6. The van der Waals surface area contributed by atoms with Crippen molar-refractivity contribution in [3.05, 3.63) is 33.8 Å². The number of rotatable bonds is 6. The van der Waals surface area contributed by atoms with E-state index in [-0.39, 0.29) is 29.5 Å². The van der Waals surface area contributed by atoms with E-state index in [0.717, 1.165) is 50.7 Å². The van der Waals surface area contributed by atoms with Gasteiger partial charge in [-0.2, -0.15) is 0 Å². The minimum absolute atomic E-state index is 0. The molecule has 148 valence electrons. The molecule has 1 heterocycles. The number of aliphatic imine (C=N–C) groups is 1. The van der Waals surface area contributed by atoms with Crippen molar-refractivity contribution in [1.29, 1.82) is 0 Å². The predicted molar refractivity (Wildman–Crippen MR) is 121 cm³/mol. The molecule has 5 nitrogen and oxygen atoms in total. The molecule has 0 atom stereocenters. The Morgan fingerprint density at radius 1 is 1.23 bits per heavy atom. The fourth-order valence-corrected chi connectivity index (χ4v) is 3.41. The van der Waals surface area contributed by atoms with Crippen LogP contribution >= 0.6 is 47.2 Å². The van der Waals surface area contributed by atoms with Crippen LogP contribution in [0.25, 0.3) is 0 Å². The molecule has 2 rings (SSSR count). The normalized spacial score (nSPS) is 16.9. The lowest BCUT2D eigenvalue weighted by atomic mass is 9.88. The Bertz CT molecular complexity index is 593. The average molecular weight is 515 g/mol. The van der Waals surface area contributed by atoms with Crippen LogP contribution in [-0.4, -0.2) is 56.8 Å². The monoisotopic (exact) mass is 514 g/mol. The lowest BCUT2D eigenvalue weighted by Gasteiger charge is -2.43. The highest BCUT2D eigenvalue weighted by atomic mass is 127. The van der Waals surface area contributed by atoms with Crippen LogP contribution in [0.2, 0.25) is 10.0 Å². The summed E-state index contributed by atoms with van der Waals surface area (Å²) < 4.78 is 5.53. The molecule has 0 spiro atoms. The summed E-state index contributed by atoms with van der Waals surface area (Å²) in [6.07, 6.45) is 2.02. The Hall–Kier alpha value is -0.280. The number of benzene rings is 1. The highest BCUT2D eigenvalue weighted by Gasteiger charge is 2.34. The molecule has 0 radical (unpaired) electrons. The second-order valence-corrected chi connectivity index (χ2v) is 7.36. The first kappa shape index (κ1) is 23.8. The van der Waals surface area contributed by atoms with E-state index in [0.29, 0.717) is 16.6 Å². The maximum Gasteiger partial charge on any atom is 0.191 e. The summed E-state index contributed by atoms with van der Waals surface area (Å²) in [5.41, 5.74) is 1.04. The van der Waals surface area contributed by atoms with Crippen molar-refractivity contribution in [3.63, 3.8) is 0 Å². The molecule has 0 aromatic heterocycles. The second-order valence-electron chi connectivity index (χ2n) is 6.52. The first-order chi connectivity index (χ1) is 12.0. The van der Waals surface area contributed by atoms with Gasteiger partial charge in [0.05, 0.1) is 6.54 Å². The predicted octanol–water partition coefficient (Wildman–Crippen LogP) is 3.78. The van der Waals surface area contributed by atoms with Crippen LogP contribution in [0.1, 0.15) is 25.3 Å².